The molecule has 2 amide bonds. The van der Waals surface area contributed by atoms with Crippen molar-refractivity contribution in [3.63, 3.8) is 0 Å². The van der Waals surface area contributed by atoms with Crippen LogP contribution in [0.25, 0.3) is 0 Å². The highest BCUT2D eigenvalue weighted by Gasteiger charge is 2.27. The van der Waals surface area contributed by atoms with Crippen molar-refractivity contribution >= 4 is 27.7 Å². The van der Waals surface area contributed by atoms with Crippen LogP contribution in [0.4, 0.5) is 0 Å². The van der Waals surface area contributed by atoms with Crippen LogP contribution in [0.15, 0.2) is 0 Å². The monoisotopic (exact) mass is 278 g/mol. The van der Waals surface area contributed by atoms with E-state index in [1.54, 1.807) is 10.4 Å². The van der Waals surface area contributed by atoms with Crippen molar-refractivity contribution in [2.75, 3.05) is 11.9 Å². The number of halogens is 1. The predicted molar refractivity (Wildman–Crippen MR) is 57.7 cm³/mol. The Morgan fingerprint density at radius 2 is 2.20 bits per heavy atom. The minimum absolute atomic E-state index is 0.00504. The number of hydroxylamine groups is 1. The fourth-order valence-corrected chi connectivity index (χ4v) is 2.20. The van der Waals surface area contributed by atoms with Gasteiger partial charge >= 0.3 is 0 Å². The van der Waals surface area contributed by atoms with Crippen LogP contribution in [0.5, 0.6) is 0 Å². The van der Waals surface area contributed by atoms with Gasteiger partial charge in [0.25, 0.3) is 0 Å². The fourth-order valence-electron chi connectivity index (χ4n) is 1.88. The third kappa shape index (κ3) is 3.46. The standard InChI is InChI=1S/C9H15BrN2O3/c10-6-9(14)12-4-2-1-3-7(12)5-8(13)11-15/h7,15H,1-6H2,(H,11,13). The lowest BCUT2D eigenvalue weighted by Gasteiger charge is -2.35. The summed E-state index contributed by atoms with van der Waals surface area (Å²) in [6.45, 7) is 0.702. The Morgan fingerprint density at radius 3 is 2.80 bits per heavy atom. The van der Waals surface area contributed by atoms with Crippen LogP contribution in [-0.2, 0) is 9.59 Å². The van der Waals surface area contributed by atoms with Gasteiger partial charge in [-0.05, 0) is 19.3 Å². The maximum Gasteiger partial charge on any atom is 0.245 e. The van der Waals surface area contributed by atoms with Gasteiger partial charge < -0.3 is 4.90 Å². The van der Waals surface area contributed by atoms with Gasteiger partial charge in [-0.2, -0.15) is 0 Å². The Hall–Kier alpha value is -0.620. The molecule has 1 atom stereocenters. The highest BCUT2D eigenvalue weighted by molar-refractivity contribution is 9.09. The molecule has 0 aliphatic carbocycles. The van der Waals surface area contributed by atoms with Crippen LogP contribution < -0.4 is 5.48 Å². The van der Waals surface area contributed by atoms with Gasteiger partial charge in [0, 0.05) is 19.0 Å². The SMILES string of the molecule is O=C(CC1CCCCN1C(=O)CBr)NO. The van der Waals surface area contributed by atoms with Gasteiger partial charge in [0.2, 0.25) is 11.8 Å². The number of alkyl halides is 1. The van der Waals surface area contributed by atoms with E-state index in [0.717, 1.165) is 19.3 Å². The molecule has 2 N–H and O–H groups in total. The van der Waals surface area contributed by atoms with Gasteiger partial charge in [0.15, 0.2) is 0 Å². The molecule has 1 rings (SSSR count). The van der Waals surface area contributed by atoms with Crippen LogP contribution in [0.2, 0.25) is 0 Å². The Bertz CT molecular complexity index is 248. The van der Waals surface area contributed by atoms with Crippen LogP contribution in [0, 0.1) is 0 Å². The lowest BCUT2D eigenvalue weighted by Crippen LogP contribution is -2.46. The van der Waals surface area contributed by atoms with Crippen molar-refractivity contribution in [2.45, 2.75) is 31.7 Å². The first-order valence-electron chi connectivity index (χ1n) is 4.97. The average Bonchev–Trinajstić information content (AvgIpc) is 2.28. The van der Waals surface area contributed by atoms with E-state index in [9.17, 15) is 9.59 Å². The first-order chi connectivity index (χ1) is 7.19. The van der Waals surface area contributed by atoms with Crippen molar-refractivity contribution in [2.24, 2.45) is 0 Å². The van der Waals surface area contributed by atoms with E-state index < -0.39 is 5.91 Å². The Labute approximate surface area is 96.9 Å². The second-order valence-corrected chi connectivity index (χ2v) is 4.17. The van der Waals surface area contributed by atoms with Crippen molar-refractivity contribution in [1.29, 1.82) is 0 Å². The molecule has 0 aromatic carbocycles. The number of carbonyl (C=O) groups excluding carboxylic acids is 2. The third-order valence-corrected chi connectivity index (χ3v) is 3.09. The second kappa shape index (κ2) is 6.07. The van der Waals surface area contributed by atoms with Crippen molar-refractivity contribution in [1.82, 2.24) is 10.4 Å². The summed E-state index contributed by atoms with van der Waals surface area (Å²) >= 11 is 3.12. The topological polar surface area (TPSA) is 69.6 Å². The zero-order chi connectivity index (χ0) is 11.3. The number of hydrogen-bond donors (Lipinski definition) is 2. The highest BCUT2D eigenvalue weighted by Crippen LogP contribution is 2.20. The minimum atomic E-state index is -0.436. The number of nitrogens with one attached hydrogen (secondary N) is 1. The summed E-state index contributed by atoms with van der Waals surface area (Å²) in [4.78, 5) is 24.3. The van der Waals surface area contributed by atoms with Crippen LogP contribution in [0.3, 0.4) is 0 Å². The number of amides is 2. The maximum absolute atomic E-state index is 11.5. The normalized spacial score (nSPS) is 21.2. The number of piperidine rings is 1. The maximum atomic E-state index is 11.5. The average molecular weight is 279 g/mol. The van der Waals surface area contributed by atoms with E-state index >= 15 is 0 Å². The molecule has 0 bridgehead atoms. The largest absolute Gasteiger partial charge is 0.338 e. The van der Waals surface area contributed by atoms with E-state index in [4.69, 9.17) is 5.21 Å². The molecule has 6 heteroatoms. The molecule has 0 aromatic rings. The van der Waals surface area contributed by atoms with Crippen molar-refractivity contribution in [3.05, 3.63) is 0 Å². The first-order valence-corrected chi connectivity index (χ1v) is 6.09. The molecule has 0 aromatic heterocycles. The molecule has 1 fully saturated rings. The van der Waals surface area contributed by atoms with E-state index in [-0.39, 0.29) is 23.7 Å². The molecule has 0 saturated carbocycles. The van der Waals surface area contributed by atoms with Crippen LogP contribution in [0.1, 0.15) is 25.7 Å². The molecule has 1 aliphatic rings. The zero-order valence-electron chi connectivity index (χ0n) is 8.41. The molecular weight excluding hydrogens is 264 g/mol. The Balaban J connectivity index is 2.57. The summed E-state index contributed by atoms with van der Waals surface area (Å²) < 4.78 is 0. The van der Waals surface area contributed by atoms with Crippen LogP contribution in [-0.4, -0.2) is 39.8 Å². The van der Waals surface area contributed by atoms with Gasteiger partial charge in [0.1, 0.15) is 0 Å². The second-order valence-electron chi connectivity index (χ2n) is 3.61. The molecule has 0 radical (unpaired) electrons. The number of carbonyl (C=O) groups is 2. The third-order valence-electron chi connectivity index (χ3n) is 2.61. The minimum Gasteiger partial charge on any atom is -0.338 e. The summed E-state index contributed by atoms with van der Waals surface area (Å²) in [7, 11) is 0. The lowest BCUT2D eigenvalue weighted by molar-refractivity contribution is -0.135. The molecule has 1 heterocycles. The summed E-state index contributed by atoms with van der Waals surface area (Å²) in [6.07, 6.45) is 3.01. The summed E-state index contributed by atoms with van der Waals surface area (Å²) in [5, 5.41) is 8.72. The highest BCUT2D eigenvalue weighted by atomic mass is 79.9. The summed E-state index contributed by atoms with van der Waals surface area (Å²) in [6, 6.07) is -0.0732. The van der Waals surface area contributed by atoms with Gasteiger partial charge in [-0.1, -0.05) is 15.9 Å². The molecule has 15 heavy (non-hydrogen) atoms. The molecule has 1 unspecified atom stereocenters. The van der Waals surface area contributed by atoms with Crippen molar-refractivity contribution in [3.8, 4) is 0 Å². The number of nitrogens with zero attached hydrogens (tertiary/aromatic N) is 1. The van der Waals surface area contributed by atoms with E-state index in [1.807, 2.05) is 0 Å². The van der Waals surface area contributed by atoms with Crippen LogP contribution >= 0.6 is 15.9 Å². The molecular formula is C9H15BrN2O3. The van der Waals surface area contributed by atoms with E-state index in [0.29, 0.717) is 6.54 Å². The molecule has 0 spiro atoms. The molecule has 1 aliphatic heterocycles. The molecule has 1 saturated heterocycles. The zero-order valence-corrected chi connectivity index (χ0v) is 9.99. The Kier molecular flexibility index (Phi) is 5.04. The number of likely N-dealkylation sites (tertiary alicyclic amines) is 1. The number of hydrogen-bond acceptors (Lipinski definition) is 3. The Morgan fingerprint density at radius 1 is 1.47 bits per heavy atom. The number of rotatable bonds is 3. The van der Waals surface area contributed by atoms with Crippen molar-refractivity contribution < 1.29 is 14.8 Å². The van der Waals surface area contributed by atoms with E-state index in [1.165, 1.54) is 0 Å². The first kappa shape index (κ1) is 12.4. The van der Waals surface area contributed by atoms with E-state index in [2.05, 4.69) is 15.9 Å². The summed E-state index contributed by atoms with van der Waals surface area (Å²) in [5.41, 5.74) is 1.60. The van der Waals surface area contributed by atoms with Gasteiger partial charge in [0.05, 0.1) is 5.33 Å². The predicted octanol–water partition coefficient (Wildman–Crippen LogP) is 0.658. The smallest absolute Gasteiger partial charge is 0.245 e. The van der Waals surface area contributed by atoms with Gasteiger partial charge in [-0.3, -0.25) is 14.8 Å². The lowest BCUT2D eigenvalue weighted by atomic mass is 9.99. The fraction of sp³-hybridized carbons (Fsp3) is 0.778. The quantitative estimate of drug-likeness (QED) is 0.453. The summed E-state index contributed by atoms with van der Waals surface area (Å²) in [5.74, 6) is -0.431. The van der Waals surface area contributed by atoms with Gasteiger partial charge in [-0.25, -0.2) is 5.48 Å². The molecule has 5 nitrogen and oxygen atoms in total. The van der Waals surface area contributed by atoms with Gasteiger partial charge in [-0.15, -0.1) is 0 Å². The molecule has 86 valence electrons.